The molecule has 1 radical (unpaired) electrons. The molecule has 65 valence electrons. The second kappa shape index (κ2) is 4.51. The molecule has 0 aliphatic rings. The Morgan fingerprint density at radius 3 is 2.75 bits per heavy atom. The normalized spacial score (nSPS) is 10.7. The average molecular weight is 182 g/mol. The zero-order valence-corrected chi connectivity index (χ0v) is 8.31. The minimum absolute atomic E-state index is 0.704. The molecule has 0 unspecified atom stereocenters. The lowest BCUT2D eigenvalue weighted by Crippen LogP contribution is -1.93. The molecule has 0 N–H and O–H groups in total. The standard InChI is InChI=1S/C11H14Cl/c1-9(2)6-10-4-3-5-11(7-10)8-12/h3-5,7-9H,6H2,1-2H3. The van der Waals surface area contributed by atoms with Crippen molar-refractivity contribution in [3.05, 3.63) is 41.3 Å². The van der Waals surface area contributed by atoms with Crippen molar-refractivity contribution < 1.29 is 0 Å². The van der Waals surface area contributed by atoms with E-state index in [1.54, 1.807) is 5.88 Å². The average Bonchev–Trinajstić information content (AvgIpc) is 2.03. The predicted octanol–water partition coefficient (Wildman–Crippen LogP) is 3.63. The molecule has 0 spiro atoms. The van der Waals surface area contributed by atoms with Crippen LogP contribution in [-0.4, -0.2) is 0 Å². The Balaban J connectivity index is 2.72. The molecule has 1 rings (SSSR count). The van der Waals surface area contributed by atoms with Gasteiger partial charge in [-0.2, -0.15) is 0 Å². The Hall–Kier alpha value is -0.490. The van der Waals surface area contributed by atoms with Gasteiger partial charge in [0.1, 0.15) is 0 Å². The van der Waals surface area contributed by atoms with Crippen LogP contribution in [0.4, 0.5) is 0 Å². The predicted molar refractivity (Wildman–Crippen MR) is 54.2 cm³/mol. The van der Waals surface area contributed by atoms with Gasteiger partial charge in [-0.1, -0.05) is 38.1 Å². The van der Waals surface area contributed by atoms with Crippen molar-refractivity contribution >= 4 is 11.6 Å². The maximum atomic E-state index is 5.61. The van der Waals surface area contributed by atoms with Gasteiger partial charge in [0.05, 0.1) is 5.88 Å². The molecule has 0 heterocycles. The summed E-state index contributed by atoms with van der Waals surface area (Å²) in [4.78, 5) is 0. The maximum Gasteiger partial charge on any atom is 0.0790 e. The van der Waals surface area contributed by atoms with Crippen LogP contribution in [0, 0.1) is 11.8 Å². The molecule has 1 aromatic carbocycles. The number of halogens is 1. The number of benzene rings is 1. The molecule has 0 amide bonds. The first-order valence-electron chi connectivity index (χ1n) is 4.24. The van der Waals surface area contributed by atoms with E-state index in [4.69, 9.17) is 11.6 Å². The highest BCUT2D eigenvalue weighted by atomic mass is 35.5. The second-order valence-corrected chi connectivity index (χ2v) is 3.67. The van der Waals surface area contributed by atoms with E-state index < -0.39 is 0 Å². The van der Waals surface area contributed by atoms with Gasteiger partial charge in [-0.05, 0) is 23.5 Å². The van der Waals surface area contributed by atoms with Crippen molar-refractivity contribution in [1.82, 2.24) is 0 Å². The fourth-order valence-electron chi connectivity index (χ4n) is 1.26. The third-order valence-corrected chi connectivity index (χ3v) is 1.97. The molecular weight excluding hydrogens is 168 g/mol. The van der Waals surface area contributed by atoms with E-state index in [9.17, 15) is 0 Å². The summed E-state index contributed by atoms with van der Waals surface area (Å²) in [7, 11) is 0. The van der Waals surface area contributed by atoms with Crippen molar-refractivity contribution in [3.63, 3.8) is 0 Å². The molecule has 0 aliphatic carbocycles. The van der Waals surface area contributed by atoms with Crippen LogP contribution < -0.4 is 0 Å². The minimum atomic E-state index is 0.704. The summed E-state index contributed by atoms with van der Waals surface area (Å²) in [5.74, 6) is 2.32. The number of rotatable bonds is 3. The van der Waals surface area contributed by atoms with Crippen molar-refractivity contribution in [1.29, 1.82) is 0 Å². The third-order valence-electron chi connectivity index (χ3n) is 1.72. The first kappa shape index (κ1) is 9.60. The molecule has 0 bridgehead atoms. The lowest BCUT2D eigenvalue weighted by atomic mass is 10.0. The van der Waals surface area contributed by atoms with Crippen molar-refractivity contribution in [2.45, 2.75) is 20.3 Å². The van der Waals surface area contributed by atoms with Crippen LogP contribution in [0.2, 0.25) is 0 Å². The smallest absolute Gasteiger partial charge is 0.0790 e. The van der Waals surface area contributed by atoms with Crippen molar-refractivity contribution in [3.8, 4) is 0 Å². The topological polar surface area (TPSA) is 0 Å². The number of hydrogen-bond donors (Lipinski definition) is 0. The van der Waals surface area contributed by atoms with Crippen molar-refractivity contribution in [2.24, 2.45) is 5.92 Å². The van der Waals surface area contributed by atoms with Crippen LogP contribution in [0.3, 0.4) is 0 Å². The summed E-state index contributed by atoms with van der Waals surface area (Å²) in [5.41, 5.74) is 2.45. The lowest BCUT2D eigenvalue weighted by Gasteiger charge is -2.05. The molecule has 0 nitrogen and oxygen atoms in total. The van der Waals surface area contributed by atoms with Gasteiger partial charge in [-0.3, -0.25) is 0 Å². The summed E-state index contributed by atoms with van der Waals surface area (Å²) in [6.45, 7) is 4.44. The monoisotopic (exact) mass is 181 g/mol. The molecule has 0 aromatic heterocycles. The van der Waals surface area contributed by atoms with E-state index in [0.29, 0.717) is 5.92 Å². The molecule has 1 heteroatoms. The second-order valence-electron chi connectivity index (χ2n) is 3.45. The van der Waals surface area contributed by atoms with Crippen LogP contribution in [0.25, 0.3) is 0 Å². The minimum Gasteiger partial charge on any atom is -0.116 e. The van der Waals surface area contributed by atoms with Gasteiger partial charge in [0, 0.05) is 0 Å². The maximum absolute atomic E-state index is 5.61. The fraction of sp³-hybridized carbons (Fsp3) is 0.364. The summed E-state index contributed by atoms with van der Waals surface area (Å²) in [5, 5.41) is 0. The Bertz CT molecular complexity index is 241. The first-order valence-corrected chi connectivity index (χ1v) is 4.68. The van der Waals surface area contributed by atoms with Crippen LogP contribution in [-0.2, 0) is 6.42 Å². The summed E-state index contributed by atoms with van der Waals surface area (Å²) in [6.07, 6.45) is 1.12. The van der Waals surface area contributed by atoms with E-state index >= 15 is 0 Å². The fourth-order valence-corrected chi connectivity index (χ4v) is 1.40. The Labute approximate surface area is 79.6 Å². The Morgan fingerprint density at radius 2 is 2.17 bits per heavy atom. The van der Waals surface area contributed by atoms with Gasteiger partial charge in [0.2, 0.25) is 0 Å². The first-order chi connectivity index (χ1) is 5.72. The van der Waals surface area contributed by atoms with E-state index in [2.05, 4.69) is 26.0 Å². The van der Waals surface area contributed by atoms with Gasteiger partial charge in [0.15, 0.2) is 0 Å². The molecule has 1 aromatic rings. The van der Waals surface area contributed by atoms with Gasteiger partial charge < -0.3 is 0 Å². The summed E-state index contributed by atoms with van der Waals surface area (Å²) in [6, 6.07) is 8.33. The zero-order valence-electron chi connectivity index (χ0n) is 7.55. The largest absolute Gasteiger partial charge is 0.116 e. The quantitative estimate of drug-likeness (QED) is 0.668. The molecule has 0 aliphatic heterocycles. The third kappa shape index (κ3) is 2.86. The molecule has 0 saturated carbocycles. The van der Waals surface area contributed by atoms with E-state index in [0.717, 1.165) is 12.0 Å². The van der Waals surface area contributed by atoms with E-state index in [-0.39, 0.29) is 0 Å². The van der Waals surface area contributed by atoms with Gasteiger partial charge in [0.25, 0.3) is 0 Å². The zero-order chi connectivity index (χ0) is 8.97. The Morgan fingerprint density at radius 1 is 1.42 bits per heavy atom. The molecular formula is C11H14Cl. The highest BCUT2D eigenvalue weighted by Crippen LogP contribution is 2.12. The number of hydrogen-bond acceptors (Lipinski definition) is 0. The van der Waals surface area contributed by atoms with Crippen LogP contribution >= 0.6 is 11.6 Å². The van der Waals surface area contributed by atoms with Crippen LogP contribution in [0.1, 0.15) is 25.0 Å². The molecule has 0 saturated heterocycles. The van der Waals surface area contributed by atoms with Crippen molar-refractivity contribution in [2.75, 3.05) is 0 Å². The molecule has 0 fully saturated rings. The SMILES string of the molecule is CC(C)Cc1cccc([CH]Cl)c1. The van der Waals surface area contributed by atoms with Gasteiger partial charge in [-0.15, -0.1) is 11.6 Å². The van der Waals surface area contributed by atoms with Crippen LogP contribution in [0.15, 0.2) is 24.3 Å². The van der Waals surface area contributed by atoms with E-state index in [1.165, 1.54) is 5.56 Å². The Kier molecular flexibility index (Phi) is 3.61. The summed E-state index contributed by atoms with van der Waals surface area (Å²) < 4.78 is 0. The van der Waals surface area contributed by atoms with Crippen LogP contribution in [0.5, 0.6) is 0 Å². The highest BCUT2D eigenvalue weighted by Gasteiger charge is 1.98. The van der Waals surface area contributed by atoms with Gasteiger partial charge in [-0.25, -0.2) is 0 Å². The van der Waals surface area contributed by atoms with E-state index in [1.807, 2.05) is 12.1 Å². The summed E-state index contributed by atoms with van der Waals surface area (Å²) >= 11 is 5.61. The molecule has 0 atom stereocenters. The lowest BCUT2D eigenvalue weighted by molar-refractivity contribution is 0.647. The highest BCUT2D eigenvalue weighted by molar-refractivity contribution is 6.25. The van der Waals surface area contributed by atoms with Gasteiger partial charge >= 0.3 is 0 Å². The molecule has 12 heavy (non-hydrogen) atoms.